The summed E-state index contributed by atoms with van der Waals surface area (Å²) in [6.45, 7) is 7.92. The molecule has 0 bridgehead atoms. The van der Waals surface area contributed by atoms with Gasteiger partial charge < -0.3 is 14.2 Å². The molecule has 120 valence electrons. The number of rotatable bonds is 6. The Morgan fingerprint density at radius 1 is 1.45 bits per heavy atom. The summed E-state index contributed by atoms with van der Waals surface area (Å²) < 4.78 is 17.0. The first-order chi connectivity index (χ1) is 10.5. The largest absolute Gasteiger partial charge is 0.492 e. The van der Waals surface area contributed by atoms with Crippen LogP contribution in [0.4, 0.5) is 0 Å². The van der Waals surface area contributed by atoms with Crippen molar-refractivity contribution in [2.75, 3.05) is 40.0 Å². The molecule has 0 saturated carbocycles. The summed E-state index contributed by atoms with van der Waals surface area (Å²) in [6, 6.07) is 9.35. The van der Waals surface area contributed by atoms with Crippen LogP contribution in [0, 0.1) is 11.3 Å². The predicted molar refractivity (Wildman–Crippen MR) is 83.9 cm³/mol. The van der Waals surface area contributed by atoms with Crippen molar-refractivity contribution in [1.82, 2.24) is 4.90 Å². The number of hydrogen-bond donors (Lipinski definition) is 0. The van der Waals surface area contributed by atoms with Crippen LogP contribution in [0.3, 0.4) is 0 Å². The van der Waals surface area contributed by atoms with Gasteiger partial charge in [-0.2, -0.15) is 5.26 Å². The molecule has 0 N–H and O–H groups in total. The average molecular weight is 304 g/mol. The Kier molecular flexibility index (Phi) is 5.78. The second-order valence-corrected chi connectivity index (χ2v) is 6.18. The van der Waals surface area contributed by atoms with E-state index in [1.54, 1.807) is 19.2 Å². The van der Waals surface area contributed by atoms with Gasteiger partial charge in [0.05, 0.1) is 29.9 Å². The van der Waals surface area contributed by atoms with Gasteiger partial charge in [-0.15, -0.1) is 0 Å². The molecule has 1 atom stereocenters. The molecular formula is C17H24N2O3. The maximum absolute atomic E-state index is 8.89. The number of nitriles is 1. The van der Waals surface area contributed by atoms with Crippen LogP contribution >= 0.6 is 0 Å². The molecule has 5 nitrogen and oxygen atoms in total. The first kappa shape index (κ1) is 16.8. The highest BCUT2D eigenvalue weighted by molar-refractivity contribution is 5.36. The fourth-order valence-electron chi connectivity index (χ4n) is 2.81. The molecule has 1 aromatic rings. The fraction of sp³-hybridized carbons (Fsp3) is 0.588. The van der Waals surface area contributed by atoms with Crippen molar-refractivity contribution in [3.05, 3.63) is 29.8 Å². The van der Waals surface area contributed by atoms with E-state index in [0.717, 1.165) is 25.4 Å². The van der Waals surface area contributed by atoms with Crippen LogP contribution in [0.2, 0.25) is 0 Å². The van der Waals surface area contributed by atoms with Gasteiger partial charge in [-0.1, -0.05) is 6.07 Å². The maximum atomic E-state index is 8.89. The number of nitrogens with zero attached hydrogens (tertiary/aromatic N) is 2. The Bertz CT molecular complexity index is 525. The second kappa shape index (κ2) is 7.59. The minimum Gasteiger partial charge on any atom is -0.492 e. The van der Waals surface area contributed by atoms with E-state index in [9.17, 15) is 0 Å². The zero-order chi connectivity index (χ0) is 16.0. The summed E-state index contributed by atoms with van der Waals surface area (Å²) in [5.74, 6) is 0.736. The molecule has 22 heavy (non-hydrogen) atoms. The van der Waals surface area contributed by atoms with Crippen molar-refractivity contribution in [3.8, 4) is 11.8 Å². The second-order valence-electron chi connectivity index (χ2n) is 6.18. The topological polar surface area (TPSA) is 54.7 Å². The van der Waals surface area contributed by atoms with Gasteiger partial charge in [-0.3, -0.25) is 4.90 Å². The van der Waals surface area contributed by atoms with Crippen molar-refractivity contribution in [1.29, 1.82) is 5.26 Å². The molecule has 5 heteroatoms. The molecular weight excluding hydrogens is 280 g/mol. The Labute approximate surface area is 132 Å². The van der Waals surface area contributed by atoms with Gasteiger partial charge in [0, 0.05) is 26.7 Å². The number of morpholine rings is 1. The first-order valence-electron chi connectivity index (χ1n) is 7.54. The lowest BCUT2D eigenvalue weighted by Crippen LogP contribution is -2.54. The van der Waals surface area contributed by atoms with Gasteiger partial charge in [-0.05, 0) is 32.0 Å². The van der Waals surface area contributed by atoms with Crippen molar-refractivity contribution in [2.45, 2.75) is 25.6 Å². The minimum absolute atomic E-state index is 0.0932. The van der Waals surface area contributed by atoms with Crippen molar-refractivity contribution in [3.63, 3.8) is 0 Å². The van der Waals surface area contributed by atoms with Gasteiger partial charge in [0.25, 0.3) is 0 Å². The van der Waals surface area contributed by atoms with E-state index in [1.165, 1.54) is 0 Å². The van der Waals surface area contributed by atoms with Gasteiger partial charge in [0.15, 0.2) is 0 Å². The van der Waals surface area contributed by atoms with Crippen LogP contribution in [0.1, 0.15) is 19.4 Å². The van der Waals surface area contributed by atoms with Crippen LogP contribution in [0.15, 0.2) is 24.3 Å². The third-order valence-electron chi connectivity index (χ3n) is 3.54. The number of methoxy groups -OCH3 is 1. The monoisotopic (exact) mass is 304 g/mol. The van der Waals surface area contributed by atoms with Crippen LogP contribution < -0.4 is 4.74 Å². The molecule has 0 aromatic heterocycles. The summed E-state index contributed by atoms with van der Waals surface area (Å²) in [5.41, 5.74) is 0.437. The summed E-state index contributed by atoms with van der Waals surface area (Å²) in [4.78, 5) is 2.33. The molecule has 1 fully saturated rings. The van der Waals surface area contributed by atoms with Gasteiger partial charge in [-0.25, -0.2) is 0 Å². The molecule has 0 radical (unpaired) electrons. The molecule has 0 unspecified atom stereocenters. The van der Waals surface area contributed by atoms with Gasteiger partial charge >= 0.3 is 0 Å². The Morgan fingerprint density at radius 2 is 2.27 bits per heavy atom. The quantitative estimate of drug-likeness (QED) is 0.805. The molecule has 1 saturated heterocycles. The van der Waals surface area contributed by atoms with Crippen molar-refractivity contribution in [2.24, 2.45) is 0 Å². The van der Waals surface area contributed by atoms with Gasteiger partial charge in [0.1, 0.15) is 12.4 Å². The third kappa shape index (κ3) is 4.99. The van der Waals surface area contributed by atoms with E-state index in [1.807, 2.05) is 12.1 Å². The highest BCUT2D eigenvalue weighted by Gasteiger charge is 2.33. The summed E-state index contributed by atoms with van der Waals surface area (Å²) >= 11 is 0. The lowest BCUT2D eigenvalue weighted by atomic mass is 10.1. The Balaban J connectivity index is 1.83. The summed E-state index contributed by atoms with van der Waals surface area (Å²) in [6.07, 6.45) is 0.0932. The molecule has 1 heterocycles. The highest BCUT2D eigenvalue weighted by atomic mass is 16.5. The predicted octanol–water partition coefficient (Wildman–Crippen LogP) is 2.06. The van der Waals surface area contributed by atoms with E-state index in [2.05, 4.69) is 24.8 Å². The van der Waals surface area contributed by atoms with Crippen LogP contribution in [0.25, 0.3) is 0 Å². The van der Waals surface area contributed by atoms with Crippen LogP contribution in [0.5, 0.6) is 5.75 Å². The first-order valence-corrected chi connectivity index (χ1v) is 7.54. The van der Waals surface area contributed by atoms with Gasteiger partial charge in [0.2, 0.25) is 0 Å². The van der Waals surface area contributed by atoms with E-state index >= 15 is 0 Å². The normalized spacial score (nSPS) is 21.3. The third-order valence-corrected chi connectivity index (χ3v) is 3.54. The molecule has 1 aliphatic rings. The highest BCUT2D eigenvalue weighted by Crippen LogP contribution is 2.21. The van der Waals surface area contributed by atoms with Crippen LogP contribution in [-0.4, -0.2) is 56.6 Å². The average Bonchev–Trinajstić information content (AvgIpc) is 2.46. The molecule has 0 spiro atoms. The standard InChI is InChI=1S/C17H24N2O3/c1-17(2)13-19(11-16(22-17)12-20-3)7-8-21-15-6-4-5-14(9-15)10-18/h4-6,9,16H,7-8,11-13H2,1-3H3/t16-/m1/s1. The Hall–Kier alpha value is -1.61. The number of ether oxygens (including phenoxy) is 3. The summed E-state index contributed by atoms with van der Waals surface area (Å²) in [7, 11) is 1.70. The zero-order valence-corrected chi connectivity index (χ0v) is 13.5. The lowest BCUT2D eigenvalue weighted by Gasteiger charge is -2.42. The minimum atomic E-state index is -0.178. The van der Waals surface area contributed by atoms with E-state index in [-0.39, 0.29) is 11.7 Å². The molecule has 0 amide bonds. The van der Waals surface area contributed by atoms with Crippen molar-refractivity contribution >= 4 is 0 Å². The van der Waals surface area contributed by atoms with E-state index in [4.69, 9.17) is 19.5 Å². The molecule has 2 rings (SSSR count). The SMILES string of the molecule is COC[C@H]1CN(CCOc2cccc(C#N)c2)CC(C)(C)O1. The Morgan fingerprint density at radius 3 is 3.00 bits per heavy atom. The molecule has 1 aliphatic heterocycles. The van der Waals surface area contributed by atoms with E-state index < -0.39 is 0 Å². The number of benzene rings is 1. The van der Waals surface area contributed by atoms with Crippen molar-refractivity contribution < 1.29 is 14.2 Å². The maximum Gasteiger partial charge on any atom is 0.120 e. The molecule has 1 aromatic carbocycles. The lowest BCUT2D eigenvalue weighted by molar-refractivity contribution is -0.153. The molecule has 0 aliphatic carbocycles. The van der Waals surface area contributed by atoms with E-state index in [0.29, 0.717) is 18.8 Å². The zero-order valence-electron chi connectivity index (χ0n) is 13.5. The smallest absolute Gasteiger partial charge is 0.120 e. The fourth-order valence-corrected chi connectivity index (χ4v) is 2.81. The van der Waals surface area contributed by atoms with Crippen LogP contribution in [-0.2, 0) is 9.47 Å². The summed E-state index contributed by atoms with van der Waals surface area (Å²) in [5, 5.41) is 8.89. The number of hydrogen-bond acceptors (Lipinski definition) is 5.